The van der Waals surface area contributed by atoms with Crippen LogP contribution in [0.15, 0.2) is 0 Å². The number of alkyl halides is 1. The summed E-state index contributed by atoms with van der Waals surface area (Å²) in [4.78, 5) is 0. The zero-order valence-corrected chi connectivity index (χ0v) is 7.24. The molecular weight excluding hydrogens is 206 g/mol. The fourth-order valence-electron chi connectivity index (χ4n) is 0.227. The van der Waals surface area contributed by atoms with E-state index >= 15 is 0 Å². The van der Waals surface area contributed by atoms with Crippen LogP contribution < -0.4 is 0 Å². The Hall–Kier alpha value is -0.0800. The second-order valence-corrected chi connectivity index (χ2v) is 5.29. The first-order chi connectivity index (χ1) is 4.04. The van der Waals surface area contributed by atoms with Crippen molar-refractivity contribution < 1.29 is 8.42 Å². The normalized spacial score (nSPS) is 14.3. The Morgan fingerprint density at radius 1 is 1.78 bits per heavy atom. The maximum atomic E-state index is 10.7. The first-order valence-corrected chi connectivity index (χ1v) is 4.93. The highest BCUT2D eigenvalue weighted by Crippen LogP contribution is 2.07. The minimum absolute atomic E-state index is 0.00350. The Morgan fingerprint density at radius 2 is 2.22 bits per heavy atom. The summed E-state index contributed by atoms with van der Waals surface area (Å²) in [5, 5.41) is 8.13. The highest BCUT2D eigenvalue weighted by Gasteiger charge is 2.18. The van der Waals surface area contributed by atoms with Gasteiger partial charge in [-0.2, -0.15) is 5.26 Å². The first kappa shape index (κ1) is 8.92. The van der Waals surface area contributed by atoms with Gasteiger partial charge in [-0.3, -0.25) is 0 Å². The summed E-state index contributed by atoms with van der Waals surface area (Å²) >= 11 is 2.71. The number of hydrogen-bond acceptors (Lipinski definition) is 3. The fraction of sp³-hybridized carbons (Fsp3) is 0.750. The molecule has 0 rings (SSSR count). The summed E-state index contributed by atoms with van der Waals surface area (Å²) in [7, 11) is -3.19. The molecule has 0 N–H and O–H groups in total. The van der Waals surface area contributed by atoms with Crippen molar-refractivity contribution in [3.8, 4) is 6.07 Å². The summed E-state index contributed by atoms with van der Waals surface area (Å²) in [5.74, 6) is -0.00350. The zero-order valence-electron chi connectivity index (χ0n) is 4.83. The van der Waals surface area contributed by atoms with Gasteiger partial charge in [0.05, 0.1) is 6.07 Å². The highest BCUT2D eigenvalue weighted by atomic mass is 79.9. The van der Waals surface area contributed by atoms with E-state index in [-0.39, 0.29) is 5.75 Å². The molecule has 0 aliphatic heterocycles. The monoisotopic (exact) mass is 211 g/mol. The standard InChI is InChI=1S/C4H6BrNO2S/c1-2-9(7,8)4(5)3-6/h4H,2H2,1H3/t4-/m1/s1. The van der Waals surface area contributed by atoms with Gasteiger partial charge in [-0.1, -0.05) is 22.9 Å². The van der Waals surface area contributed by atoms with Crippen molar-refractivity contribution in [2.75, 3.05) is 5.75 Å². The number of rotatable bonds is 2. The molecule has 52 valence electrons. The maximum absolute atomic E-state index is 10.7. The molecule has 0 amide bonds. The van der Waals surface area contributed by atoms with Crippen LogP contribution in [0, 0.1) is 11.3 Å². The second kappa shape index (κ2) is 3.18. The molecule has 1 atom stereocenters. The van der Waals surface area contributed by atoms with Crippen molar-refractivity contribution in [2.24, 2.45) is 0 Å². The van der Waals surface area contributed by atoms with E-state index in [0.717, 1.165) is 0 Å². The van der Waals surface area contributed by atoms with E-state index < -0.39 is 14.0 Å². The van der Waals surface area contributed by atoms with E-state index in [1.165, 1.54) is 6.92 Å². The van der Waals surface area contributed by atoms with Crippen LogP contribution in [-0.4, -0.2) is 18.3 Å². The number of nitrogens with zero attached hydrogens (tertiary/aromatic N) is 1. The molecule has 0 radical (unpaired) electrons. The number of nitriles is 1. The lowest BCUT2D eigenvalue weighted by Crippen LogP contribution is -2.14. The molecule has 9 heavy (non-hydrogen) atoms. The molecule has 0 bridgehead atoms. The predicted octanol–water partition coefficient (Wildman–Crippen LogP) is 0.666. The Labute approximate surface area is 62.7 Å². The van der Waals surface area contributed by atoms with Crippen molar-refractivity contribution >= 4 is 25.8 Å². The summed E-state index contributed by atoms with van der Waals surface area (Å²) < 4.78 is 20.3. The van der Waals surface area contributed by atoms with Gasteiger partial charge in [-0.25, -0.2) is 8.42 Å². The average molecular weight is 212 g/mol. The molecule has 3 nitrogen and oxygen atoms in total. The van der Waals surface area contributed by atoms with Crippen molar-refractivity contribution in [2.45, 2.75) is 11.1 Å². The van der Waals surface area contributed by atoms with E-state index in [0.29, 0.717) is 0 Å². The molecule has 0 fully saturated rings. The van der Waals surface area contributed by atoms with Gasteiger partial charge >= 0.3 is 0 Å². The van der Waals surface area contributed by atoms with Gasteiger partial charge < -0.3 is 0 Å². The molecule has 0 aromatic heterocycles. The molecule has 0 aromatic rings. The van der Waals surface area contributed by atoms with E-state index in [2.05, 4.69) is 15.9 Å². The highest BCUT2D eigenvalue weighted by molar-refractivity contribution is 9.11. The molecule has 5 heteroatoms. The minimum atomic E-state index is -3.19. The molecule has 0 aromatic carbocycles. The molecule has 0 saturated heterocycles. The molecule has 0 unspecified atom stereocenters. The fourth-order valence-corrected chi connectivity index (χ4v) is 1.47. The number of halogens is 1. The first-order valence-electron chi connectivity index (χ1n) is 2.30. The van der Waals surface area contributed by atoms with Crippen LogP contribution in [0.4, 0.5) is 0 Å². The summed E-state index contributed by atoms with van der Waals surface area (Å²) in [6.07, 6.45) is 0. The van der Waals surface area contributed by atoms with Gasteiger partial charge in [0.15, 0.2) is 9.84 Å². The SMILES string of the molecule is CCS(=O)(=O)[C@@H](Br)C#N. The topological polar surface area (TPSA) is 57.9 Å². The Morgan fingerprint density at radius 3 is 2.33 bits per heavy atom. The van der Waals surface area contributed by atoms with E-state index in [9.17, 15) is 8.42 Å². The van der Waals surface area contributed by atoms with E-state index in [1.807, 2.05) is 0 Å². The van der Waals surface area contributed by atoms with Gasteiger partial charge in [0.25, 0.3) is 0 Å². The van der Waals surface area contributed by atoms with Crippen LogP contribution in [0.1, 0.15) is 6.92 Å². The van der Waals surface area contributed by atoms with Crippen molar-refractivity contribution in [1.82, 2.24) is 0 Å². The molecular formula is C4H6BrNO2S. The third-order valence-corrected chi connectivity index (χ3v) is 4.27. The summed E-state index contributed by atoms with van der Waals surface area (Å²) in [6.45, 7) is 1.50. The number of sulfone groups is 1. The van der Waals surface area contributed by atoms with Gasteiger partial charge in [0.1, 0.15) is 0 Å². The van der Waals surface area contributed by atoms with Crippen LogP contribution in [-0.2, 0) is 9.84 Å². The predicted molar refractivity (Wildman–Crippen MR) is 37.8 cm³/mol. The van der Waals surface area contributed by atoms with Gasteiger partial charge in [-0.15, -0.1) is 0 Å². The molecule has 0 spiro atoms. The smallest absolute Gasteiger partial charge is 0.202 e. The lowest BCUT2D eigenvalue weighted by atomic mass is 10.9. The van der Waals surface area contributed by atoms with Gasteiger partial charge in [0, 0.05) is 5.75 Å². The third kappa shape index (κ3) is 2.33. The van der Waals surface area contributed by atoms with Crippen LogP contribution in [0.3, 0.4) is 0 Å². The molecule has 0 heterocycles. The maximum Gasteiger partial charge on any atom is 0.202 e. The largest absolute Gasteiger partial charge is 0.227 e. The van der Waals surface area contributed by atoms with Gasteiger partial charge in [-0.05, 0) is 0 Å². The van der Waals surface area contributed by atoms with Gasteiger partial charge in [0.2, 0.25) is 4.16 Å². The molecule has 0 saturated carbocycles. The van der Waals surface area contributed by atoms with E-state index in [4.69, 9.17) is 5.26 Å². The zero-order chi connectivity index (χ0) is 7.49. The number of hydrogen-bond donors (Lipinski definition) is 0. The van der Waals surface area contributed by atoms with Crippen molar-refractivity contribution in [3.05, 3.63) is 0 Å². The summed E-state index contributed by atoms with van der Waals surface area (Å²) in [6, 6.07) is 1.58. The van der Waals surface area contributed by atoms with E-state index in [1.54, 1.807) is 6.07 Å². The van der Waals surface area contributed by atoms with Crippen LogP contribution in [0.25, 0.3) is 0 Å². The van der Waals surface area contributed by atoms with Crippen LogP contribution >= 0.6 is 15.9 Å². The quantitative estimate of drug-likeness (QED) is 0.632. The molecule has 0 aliphatic rings. The Kier molecular flexibility index (Phi) is 3.15. The average Bonchev–Trinajstić information content (AvgIpc) is 1.86. The van der Waals surface area contributed by atoms with Crippen molar-refractivity contribution in [1.29, 1.82) is 5.26 Å². The van der Waals surface area contributed by atoms with Crippen LogP contribution in [0.5, 0.6) is 0 Å². The lowest BCUT2D eigenvalue weighted by molar-refractivity contribution is 0.599. The minimum Gasteiger partial charge on any atom is -0.227 e. The third-order valence-electron chi connectivity index (χ3n) is 0.819. The van der Waals surface area contributed by atoms with Crippen molar-refractivity contribution in [3.63, 3.8) is 0 Å². The molecule has 0 aliphatic carbocycles. The summed E-state index contributed by atoms with van der Waals surface area (Å²) in [5.41, 5.74) is 0. The lowest BCUT2D eigenvalue weighted by Gasteiger charge is -1.97. The second-order valence-electron chi connectivity index (χ2n) is 1.40. The Balaban J connectivity index is 4.41. The van der Waals surface area contributed by atoms with Crippen LogP contribution in [0.2, 0.25) is 0 Å². The Bertz CT molecular complexity index is 215.